The molecule has 0 unspecified atom stereocenters. The van der Waals surface area contributed by atoms with Crippen LogP contribution in [-0.4, -0.2) is 0 Å². The largest absolute Gasteiger partial charge is 0.437 e. The average Bonchev–Trinajstić information content (AvgIpc) is 2.68. The van der Waals surface area contributed by atoms with Gasteiger partial charge in [0.2, 0.25) is 0 Å². The quantitative estimate of drug-likeness (QED) is 0.457. The minimum Gasteiger partial charge on any atom is -0.437 e. The molecule has 29 heavy (non-hydrogen) atoms. The van der Waals surface area contributed by atoms with Gasteiger partial charge in [0.25, 0.3) is 0 Å². The molecule has 0 heterocycles. The molecule has 0 aliphatic carbocycles. The molecule has 3 heteroatoms. The Kier molecular flexibility index (Phi) is 5.79. The SMILES string of the molecule is CC(C)(C)c1ccc(OP(=O)(c2ccccc2)c2ccccc2)c(C(C)(C)C)c1. The Bertz CT molecular complexity index is 967. The summed E-state index contributed by atoms with van der Waals surface area (Å²) in [5, 5.41) is 1.40. The Morgan fingerprint density at radius 1 is 0.655 bits per heavy atom. The highest BCUT2D eigenvalue weighted by atomic mass is 31.2. The highest BCUT2D eigenvalue weighted by Crippen LogP contribution is 2.48. The molecular weight excluding hydrogens is 375 g/mol. The van der Waals surface area contributed by atoms with Crippen molar-refractivity contribution in [1.29, 1.82) is 0 Å². The second kappa shape index (κ2) is 7.84. The molecule has 0 aliphatic heterocycles. The van der Waals surface area contributed by atoms with Crippen molar-refractivity contribution in [2.24, 2.45) is 0 Å². The van der Waals surface area contributed by atoms with Crippen molar-refractivity contribution in [2.45, 2.75) is 52.4 Å². The summed E-state index contributed by atoms with van der Waals surface area (Å²) in [5.41, 5.74) is 2.19. The lowest BCUT2D eigenvalue weighted by Gasteiger charge is -2.29. The van der Waals surface area contributed by atoms with Gasteiger partial charge in [-0.1, -0.05) is 90.1 Å². The van der Waals surface area contributed by atoms with Gasteiger partial charge >= 0.3 is 7.37 Å². The molecule has 0 fully saturated rings. The van der Waals surface area contributed by atoms with Gasteiger partial charge in [-0.3, -0.25) is 4.57 Å². The number of hydrogen-bond donors (Lipinski definition) is 0. The van der Waals surface area contributed by atoms with Crippen molar-refractivity contribution < 1.29 is 9.09 Å². The third kappa shape index (κ3) is 4.65. The van der Waals surface area contributed by atoms with Crippen LogP contribution in [0.2, 0.25) is 0 Å². The van der Waals surface area contributed by atoms with Gasteiger partial charge in [0.15, 0.2) is 0 Å². The third-order valence-corrected chi connectivity index (χ3v) is 7.48. The van der Waals surface area contributed by atoms with E-state index in [0.717, 1.165) is 5.56 Å². The Labute approximate surface area is 175 Å². The van der Waals surface area contributed by atoms with Gasteiger partial charge in [-0.15, -0.1) is 0 Å². The van der Waals surface area contributed by atoms with Crippen molar-refractivity contribution >= 4 is 18.0 Å². The fourth-order valence-electron chi connectivity index (χ4n) is 3.30. The molecular formula is C26H31O2P. The van der Waals surface area contributed by atoms with Crippen LogP contribution in [0, 0.1) is 0 Å². The summed E-state index contributed by atoms with van der Waals surface area (Å²) in [4.78, 5) is 0. The standard InChI is InChI=1S/C26H31O2P/c1-25(2,3)20-17-18-24(23(19-20)26(4,5)6)28-29(27,21-13-9-7-10-14-21)22-15-11-8-12-16-22/h7-19H,1-6H3. The lowest BCUT2D eigenvalue weighted by atomic mass is 9.80. The summed E-state index contributed by atoms with van der Waals surface area (Å²) in [6.45, 7) is 13.1. The molecule has 2 nitrogen and oxygen atoms in total. The van der Waals surface area contributed by atoms with Crippen molar-refractivity contribution in [3.63, 3.8) is 0 Å². The summed E-state index contributed by atoms with van der Waals surface area (Å²) in [5.74, 6) is 0.682. The van der Waals surface area contributed by atoms with Gasteiger partial charge in [-0.2, -0.15) is 0 Å². The lowest BCUT2D eigenvalue weighted by Crippen LogP contribution is -2.22. The summed E-state index contributed by atoms with van der Waals surface area (Å²) in [6.07, 6.45) is 0. The van der Waals surface area contributed by atoms with Gasteiger partial charge in [0.05, 0.1) is 10.6 Å². The first-order valence-electron chi connectivity index (χ1n) is 10.1. The molecule has 3 rings (SSSR count). The molecule has 0 N–H and O–H groups in total. The smallest absolute Gasteiger partial charge is 0.306 e. The molecule has 0 spiro atoms. The Hall–Kier alpha value is -2.31. The Morgan fingerprint density at radius 3 is 1.55 bits per heavy atom. The van der Waals surface area contributed by atoms with E-state index >= 15 is 0 Å². The van der Waals surface area contributed by atoms with Crippen molar-refractivity contribution in [3.05, 3.63) is 90.0 Å². The van der Waals surface area contributed by atoms with Gasteiger partial charge < -0.3 is 4.52 Å². The van der Waals surface area contributed by atoms with E-state index in [1.807, 2.05) is 66.7 Å². The predicted molar refractivity (Wildman–Crippen MR) is 124 cm³/mol. The molecule has 0 amide bonds. The molecule has 3 aromatic rings. The van der Waals surface area contributed by atoms with E-state index in [9.17, 15) is 4.57 Å². The summed E-state index contributed by atoms with van der Waals surface area (Å²) >= 11 is 0. The van der Waals surface area contributed by atoms with Crippen molar-refractivity contribution in [1.82, 2.24) is 0 Å². The van der Waals surface area contributed by atoms with Crippen LogP contribution in [0.25, 0.3) is 0 Å². The van der Waals surface area contributed by atoms with Crippen LogP contribution in [0.15, 0.2) is 78.9 Å². The van der Waals surface area contributed by atoms with Crippen LogP contribution in [0.3, 0.4) is 0 Å². The van der Waals surface area contributed by atoms with E-state index in [4.69, 9.17) is 4.52 Å². The normalized spacial score (nSPS) is 12.6. The lowest BCUT2D eigenvalue weighted by molar-refractivity contribution is 0.483. The van der Waals surface area contributed by atoms with Crippen LogP contribution in [0.4, 0.5) is 0 Å². The number of hydrogen-bond acceptors (Lipinski definition) is 2. The summed E-state index contributed by atoms with van der Waals surface area (Å²) < 4.78 is 20.8. The van der Waals surface area contributed by atoms with E-state index in [1.165, 1.54) is 5.56 Å². The maximum absolute atomic E-state index is 14.3. The zero-order chi connectivity index (χ0) is 21.3. The molecule has 0 aromatic heterocycles. The van der Waals surface area contributed by atoms with Crippen LogP contribution >= 0.6 is 7.37 Å². The van der Waals surface area contributed by atoms with Gasteiger partial charge in [-0.05, 0) is 46.7 Å². The van der Waals surface area contributed by atoms with Crippen LogP contribution < -0.4 is 15.1 Å². The second-order valence-corrected chi connectivity index (χ2v) is 11.8. The monoisotopic (exact) mass is 406 g/mol. The van der Waals surface area contributed by atoms with Gasteiger partial charge in [0, 0.05) is 5.56 Å². The third-order valence-electron chi connectivity index (χ3n) is 5.07. The Balaban J connectivity index is 2.18. The average molecular weight is 407 g/mol. The summed E-state index contributed by atoms with van der Waals surface area (Å²) in [6, 6.07) is 25.3. The van der Waals surface area contributed by atoms with Gasteiger partial charge in [0.1, 0.15) is 5.75 Å². The maximum atomic E-state index is 14.3. The zero-order valence-electron chi connectivity index (χ0n) is 18.3. The predicted octanol–water partition coefficient (Wildman–Crippen LogP) is 6.59. The van der Waals surface area contributed by atoms with E-state index in [-0.39, 0.29) is 10.8 Å². The minimum atomic E-state index is -3.30. The van der Waals surface area contributed by atoms with Crippen LogP contribution in [0.1, 0.15) is 52.7 Å². The molecule has 0 saturated carbocycles. The van der Waals surface area contributed by atoms with E-state index < -0.39 is 7.37 Å². The highest BCUT2D eigenvalue weighted by molar-refractivity contribution is 7.74. The zero-order valence-corrected chi connectivity index (χ0v) is 19.2. The first-order valence-corrected chi connectivity index (χ1v) is 11.7. The topological polar surface area (TPSA) is 26.3 Å². The fraction of sp³-hybridized carbons (Fsp3) is 0.308. The number of benzene rings is 3. The van der Waals surface area contributed by atoms with Crippen molar-refractivity contribution in [3.8, 4) is 5.75 Å². The minimum absolute atomic E-state index is 0.0289. The number of rotatable bonds is 4. The maximum Gasteiger partial charge on any atom is 0.306 e. The van der Waals surface area contributed by atoms with E-state index in [0.29, 0.717) is 16.4 Å². The molecule has 0 aliphatic rings. The highest BCUT2D eigenvalue weighted by Gasteiger charge is 2.32. The Morgan fingerprint density at radius 2 is 1.14 bits per heavy atom. The first kappa shape index (κ1) is 21.4. The first-order chi connectivity index (χ1) is 13.5. The molecule has 152 valence electrons. The van der Waals surface area contributed by atoms with E-state index in [1.54, 1.807) is 0 Å². The fourth-order valence-corrected chi connectivity index (χ4v) is 5.38. The molecule has 0 radical (unpaired) electrons. The summed E-state index contributed by atoms with van der Waals surface area (Å²) in [7, 11) is -3.30. The second-order valence-electron chi connectivity index (χ2n) is 9.52. The molecule has 3 aromatic carbocycles. The molecule has 0 atom stereocenters. The van der Waals surface area contributed by atoms with Gasteiger partial charge in [-0.25, -0.2) is 0 Å². The van der Waals surface area contributed by atoms with Crippen LogP contribution in [0.5, 0.6) is 5.75 Å². The van der Waals surface area contributed by atoms with Crippen molar-refractivity contribution in [2.75, 3.05) is 0 Å². The van der Waals surface area contributed by atoms with E-state index in [2.05, 4.69) is 53.7 Å². The molecule has 0 saturated heterocycles. The molecule has 0 bridgehead atoms. The van der Waals surface area contributed by atoms with Crippen LogP contribution in [-0.2, 0) is 15.4 Å².